The fourth-order valence-corrected chi connectivity index (χ4v) is 3.82. The zero-order valence-corrected chi connectivity index (χ0v) is 15.8. The summed E-state index contributed by atoms with van der Waals surface area (Å²) < 4.78 is 5.36. The molecule has 2 aromatic rings. The second-order valence-corrected chi connectivity index (χ2v) is 7.49. The van der Waals surface area contributed by atoms with Gasteiger partial charge in [0.05, 0.1) is 0 Å². The number of carbonyl (C=O) groups excluding carboxylic acids is 1. The quantitative estimate of drug-likeness (QED) is 0.814. The number of nitrogens with zero attached hydrogens (tertiary/aromatic N) is 4. The molecule has 1 amide bonds. The molecular formula is C21H26N4O2. The van der Waals surface area contributed by atoms with E-state index in [1.807, 2.05) is 11.0 Å². The second kappa shape index (κ2) is 8.05. The monoisotopic (exact) mass is 366 g/mol. The van der Waals surface area contributed by atoms with Gasteiger partial charge in [0.2, 0.25) is 11.8 Å². The molecule has 6 heteroatoms. The Morgan fingerprint density at radius 2 is 2.11 bits per heavy atom. The van der Waals surface area contributed by atoms with Crippen LogP contribution in [-0.4, -0.2) is 59.1 Å². The van der Waals surface area contributed by atoms with E-state index in [4.69, 9.17) is 4.52 Å². The van der Waals surface area contributed by atoms with E-state index in [9.17, 15) is 4.79 Å². The van der Waals surface area contributed by atoms with Crippen LogP contribution in [0.15, 0.2) is 40.9 Å². The van der Waals surface area contributed by atoms with Crippen molar-refractivity contribution < 1.29 is 9.32 Å². The van der Waals surface area contributed by atoms with Crippen LogP contribution in [0.5, 0.6) is 0 Å². The third-order valence-corrected chi connectivity index (χ3v) is 5.53. The molecular weight excluding hydrogens is 340 g/mol. The van der Waals surface area contributed by atoms with E-state index in [1.165, 1.54) is 5.56 Å². The Morgan fingerprint density at radius 3 is 2.89 bits per heavy atom. The Labute approximate surface area is 159 Å². The number of aromatic nitrogens is 2. The minimum absolute atomic E-state index is 0.173. The average molecular weight is 366 g/mol. The van der Waals surface area contributed by atoms with Gasteiger partial charge in [0.25, 0.3) is 0 Å². The van der Waals surface area contributed by atoms with Crippen molar-refractivity contribution in [3.8, 4) is 0 Å². The van der Waals surface area contributed by atoms with Gasteiger partial charge in [-0.15, -0.1) is 0 Å². The summed E-state index contributed by atoms with van der Waals surface area (Å²) in [5.74, 6) is 1.85. The van der Waals surface area contributed by atoms with Gasteiger partial charge in [0.15, 0.2) is 5.82 Å². The Balaban J connectivity index is 1.29. The summed E-state index contributed by atoms with van der Waals surface area (Å²) in [7, 11) is 2.10. The number of likely N-dealkylation sites (tertiary alicyclic amines) is 1. The SMILES string of the molecule is CN1CC=C(c2noc(CCC(=O)N3CCC(c4ccccc4)C3)n2)CC1. The number of hydrogen-bond acceptors (Lipinski definition) is 5. The van der Waals surface area contributed by atoms with Crippen molar-refractivity contribution >= 4 is 11.5 Å². The molecule has 3 heterocycles. The molecule has 1 unspecified atom stereocenters. The highest BCUT2D eigenvalue weighted by Gasteiger charge is 2.27. The van der Waals surface area contributed by atoms with Crippen molar-refractivity contribution in [1.82, 2.24) is 19.9 Å². The minimum atomic E-state index is 0.173. The van der Waals surface area contributed by atoms with Crippen molar-refractivity contribution in [1.29, 1.82) is 0 Å². The number of carbonyl (C=O) groups is 1. The summed E-state index contributed by atoms with van der Waals surface area (Å²) in [6.45, 7) is 3.55. The van der Waals surface area contributed by atoms with Gasteiger partial charge in [-0.25, -0.2) is 0 Å². The molecule has 0 aliphatic carbocycles. The van der Waals surface area contributed by atoms with Crippen molar-refractivity contribution in [3.05, 3.63) is 53.7 Å². The van der Waals surface area contributed by atoms with E-state index < -0.39 is 0 Å². The van der Waals surface area contributed by atoms with Crippen LogP contribution < -0.4 is 0 Å². The molecule has 0 N–H and O–H groups in total. The molecule has 4 rings (SSSR count). The number of rotatable bonds is 5. The van der Waals surface area contributed by atoms with Crippen LogP contribution in [0.25, 0.3) is 5.57 Å². The highest BCUT2D eigenvalue weighted by atomic mass is 16.5. The van der Waals surface area contributed by atoms with Gasteiger partial charge in [0, 0.05) is 44.9 Å². The number of hydrogen-bond donors (Lipinski definition) is 0. The van der Waals surface area contributed by atoms with E-state index in [0.717, 1.165) is 44.6 Å². The van der Waals surface area contributed by atoms with Crippen LogP contribution in [0.1, 0.15) is 42.5 Å². The first-order chi connectivity index (χ1) is 13.2. The van der Waals surface area contributed by atoms with Gasteiger partial charge in [-0.1, -0.05) is 41.6 Å². The fraction of sp³-hybridized carbons (Fsp3) is 0.476. The molecule has 0 spiro atoms. The topological polar surface area (TPSA) is 62.5 Å². The maximum atomic E-state index is 12.6. The van der Waals surface area contributed by atoms with Gasteiger partial charge >= 0.3 is 0 Å². The van der Waals surface area contributed by atoms with E-state index >= 15 is 0 Å². The largest absolute Gasteiger partial charge is 0.342 e. The van der Waals surface area contributed by atoms with Crippen molar-refractivity contribution in [3.63, 3.8) is 0 Å². The Kier molecular flexibility index (Phi) is 5.34. The predicted molar refractivity (Wildman–Crippen MR) is 103 cm³/mol. The summed E-state index contributed by atoms with van der Waals surface area (Å²) in [5.41, 5.74) is 2.46. The third-order valence-electron chi connectivity index (χ3n) is 5.53. The first-order valence-corrected chi connectivity index (χ1v) is 9.72. The number of benzene rings is 1. The van der Waals surface area contributed by atoms with E-state index in [0.29, 0.717) is 30.5 Å². The van der Waals surface area contributed by atoms with Crippen molar-refractivity contribution in [2.45, 2.75) is 31.6 Å². The highest BCUT2D eigenvalue weighted by Crippen LogP contribution is 2.27. The first-order valence-electron chi connectivity index (χ1n) is 9.72. The number of likely N-dealkylation sites (N-methyl/N-ethyl adjacent to an activating group) is 1. The van der Waals surface area contributed by atoms with Crippen LogP contribution in [0.3, 0.4) is 0 Å². The molecule has 27 heavy (non-hydrogen) atoms. The maximum Gasteiger partial charge on any atom is 0.227 e. The predicted octanol–water partition coefficient (Wildman–Crippen LogP) is 2.74. The molecule has 1 saturated heterocycles. The lowest BCUT2D eigenvalue weighted by molar-refractivity contribution is -0.130. The molecule has 142 valence electrons. The lowest BCUT2D eigenvalue weighted by atomic mass is 9.99. The normalized spacial score (nSPS) is 20.7. The standard InChI is InChI=1S/C21H26N4O2/c1-24-12-9-17(10-13-24)21-22-19(27-23-21)7-8-20(26)25-14-11-18(15-25)16-5-3-2-4-6-16/h2-6,9,18H,7-8,10-15H2,1H3. The first kappa shape index (κ1) is 17.9. The zero-order chi connectivity index (χ0) is 18.6. The Hall–Kier alpha value is -2.47. The molecule has 0 radical (unpaired) electrons. The number of amides is 1. The molecule has 1 aromatic carbocycles. The van der Waals surface area contributed by atoms with E-state index in [2.05, 4.69) is 52.4 Å². The second-order valence-electron chi connectivity index (χ2n) is 7.49. The van der Waals surface area contributed by atoms with Gasteiger partial charge in [-0.05, 0) is 31.0 Å². The summed E-state index contributed by atoms with van der Waals surface area (Å²) in [6.07, 6.45) is 5.04. The zero-order valence-electron chi connectivity index (χ0n) is 15.8. The highest BCUT2D eigenvalue weighted by molar-refractivity contribution is 5.76. The van der Waals surface area contributed by atoms with Gasteiger partial charge in [-0.2, -0.15) is 4.98 Å². The Morgan fingerprint density at radius 1 is 1.26 bits per heavy atom. The van der Waals surface area contributed by atoms with Gasteiger partial charge in [-0.3, -0.25) is 4.79 Å². The summed E-state index contributed by atoms with van der Waals surface area (Å²) in [4.78, 5) is 21.3. The van der Waals surface area contributed by atoms with Crippen LogP contribution in [-0.2, 0) is 11.2 Å². The summed E-state index contributed by atoms with van der Waals surface area (Å²) in [5, 5.41) is 4.09. The van der Waals surface area contributed by atoms with Crippen LogP contribution in [0, 0.1) is 0 Å². The molecule has 0 bridgehead atoms. The van der Waals surface area contributed by atoms with Crippen LogP contribution >= 0.6 is 0 Å². The van der Waals surface area contributed by atoms with E-state index in [1.54, 1.807) is 0 Å². The molecule has 0 saturated carbocycles. The van der Waals surface area contributed by atoms with Gasteiger partial charge in [0.1, 0.15) is 0 Å². The third kappa shape index (κ3) is 4.27. The molecule has 1 aromatic heterocycles. The summed E-state index contributed by atoms with van der Waals surface area (Å²) in [6, 6.07) is 10.5. The average Bonchev–Trinajstić information content (AvgIpc) is 3.37. The lowest BCUT2D eigenvalue weighted by Gasteiger charge is -2.19. The number of aryl methyl sites for hydroxylation is 1. The fourth-order valence-electron chi connectivity index (χ4n) is 3.82. The molecule has 2 aliphatic rings. The molecule has 1 fully saturated rings. The van der Waals surface area contributed by atoms with Gasteiger partial charge < -0.3 is 14.3 Å². The Bertz CT molecular complexity index is 815. The smallest absolute Gasteiger partial charge is 0.227 e. The van der Waals surface area contributed by atoms with Crippen LogP contribution in [0.4, 0.5) is 0 Å². The van der Waals surface area contributed by atoms with Crippen molar-refractivity contribution in [2.75, 3.05) is 33.2 Å². The maximum absolute atomic E-state index is 12.6. The lowest BCUT2D eigenvalue weighted by Crippen LogP contribution is -2.28. The van der Waals surface area contributed by atoms with Crippen molar-refractivity contribution in [2.24, 2.45) is 0 Å². The molecule has 1 atom stereocenters. The molecule has 2 aliphatic heterocycles. The summed E-state index contributed by atoms with van der Waals surface area (Å²) >= 11 is 0. The van der Waals surface area contributed by atoms with E-state index in [-0.39, 0.29) is 5.91 Å². The van der Waals surface area contributed by atoms with Crippen LogP contribution in [0.2, 0.25) is 0 Å². The molecule has 6 nitrogen and oxygen atoms in total. The minimum Gasteiger partial charge on any atom is -0.342 e.